The van der Waals surface area contributed by atoms with Gasteiger partial charge in [0.1, 0.15) is 17.4 Å². The number of nitrogens with one attached hydrogen (secondary N) is 1. The molecule has 104 valence electrons. The van der Waals surface area contributed by atoms with Crippen molar-refractivity contribution in [3.63, 3.8) is 0 Å². The first-order valence-electron chi connectivity index (χ1n) is 6.24. The Morgan fingerprint density at radius 2 is 2.42 bits per heavy atom. The van der Waals surface area contributed by atoms with E-state index in [2.05, 4.69) is 10.5 Å². The van der Waals surface area contributed by atoms with Crippen LogP contribution in [0.4, 0.5) is 0 Å². The Balaban J connectivity index is 2.18. The molecule has 1 amide bonds. The molecule has 0 aliphatic carbocycles. The summed E-state index contributed by atoms with van der Waals surface area (Å²) in [6.45, 7) is 5.20. The molecule has 0 aromatic carbocycles. The lowest BCUT2D eigenvalue weighted by Crippen LogP contribution is -2.57. The highest BCUT2D eigenvalue weighted by atomic mass is 16.5. The van der Waals surface area contributed by atoms with E-state index in [1.165, 1.54) is 11.1 Å². The number of hydrogen-bond acceptors (Lipinski definition) is 6. The Hall–Kier alpha value is -1.89. The Labute approximate surface area is 110 Å². The molecule has 1 atom stereocenters. The van der Waals surface area contributed by atoms with Crippen LogP contribution in [0, 0.1) is 6.92 Å². The van der Waals surface area contributed by atoms with Crippen LogP contribution in [-0.4, -0.2) is 54.2 Å². The molecule has 2 rings (SSSR count). The summed E-state index contributed by atoms with van der Waals surface area (Å²) in [5.74, 6) is -0.193. The standard InChI is InChI=1S/C12H17N3O4/c1-3-18-12(17)10-7-13-4-5-15(10)11(16)9-6-14-19-8(9)2/h6,10,13H,3-5,7H2,1-2H3. The molecule has 0 radical (unpaired) electrons. The van der Waals surface area contributed by atoms with Crippen molar-refractivity contribution < 1.29 is 18.8 Å². The Morgan fingerprint density at radius 1 is 1.63 bits per heavy atom. The highest BCUT2D eigenvalue weighted by Crippen LogP contribution is 2.14. The van der Waals surface area contributed by atoms with E-state index < -0.39 is 12.0 Å². The van der Waals surface area contributed by atoms with Crippen LogP contribution in [0.25, 0.3) is 0 Å². The summed E-state index contributed by atoms with van der Waals surface area (Å²) >= 11 is 0. The van der Waals surface area contributed by atoms with Crippen molar-refractivity contribution >= 4 is 11.9 Å². The first-order valence-corrected chi connectivity index (χ1v) is 6.24. The first kappa shape index (κ1) is 13.5. The lowest BCUT2D eigenvalue weighted by molar-refractivity contribution is -0.149. The number of esters is 1. The molecule has 7 heteroatoms. The van der Waals surface area contributed by atoms with Crippen molar-refractivity contribution in [2.75, 3.05) is 26.2 Å². The lowest BCUT2D eigenvalue weighted by Gasteiger charge is -2.34. The van der Waals surface area contributed by atoms with E-state index in [0.717, 1.165) is 0 Å². The van der Waals surface area contributed by atoms with Crippen LogP contribution < -0.4 is 5.32 Å². The third-order valence-electron chi connectivity index (χ3n) is 3.04. The molecule has 1 aromatic heterocycles. The van der Waals surface area contributed by atoms with Gasteiger partial charge in [-0.15, -0.1) is 0 Å². The summed E-state index contributed by atoms with van der Waals surface area (Å²) in [7, 11) is 0. The summed E-state index contributed by atoms with van der Waals surface area (Å²) < 4.78 is 9.89. The Kier molecular flexibility index (Phi) is 4.16. The minimum absolute atomic E-state index is 0.252. The van der Waals surface area contributed by atoms with Crippen LogP contribution in [0.1, 0.15) is 23.0 Å². The number of carbonyl (C=O) groups is 2. The minimum atomic E-state index is -0.601. The summed E-state index contributed by atoms with van der Waals surface area (Å²) in [6, 6.07) is -0.601. The molecule has 7 nitrogen and oxygen atoms in total. The maximum Gasteiger partial charge on any atom is 0.330 e. The van der Waals surface area contributed by atoms with Crippen LogP contribution in [-0.2, 0) is 9.53 Å². The molecular formula is C12H17N3O4. The summed E-state index contributed by atoms with van der Waals surface area (Å²) in [5, 5.41) is 6.67. The van der Waals surface area contributed by atoms with Crippen LogP contribution in [0.15, 0.2) is 10.7 Å². The fourth-order valence-electron chi connectivity index (χ4n) is 2.06. The van der Waals surface area contributed by atoms with E-state index in [9.17, 15) is 9.59 Å². The Bertz CT molecular complexity index is 471. The largest absolute Gasteiger partial charge is 0.464 e. The average molecular weight is 267 g/mol. The number of aromatic nitrogens is 1. The van der Waals surface area contributed by atoms with Crippen molar-refractivity contribution in [1.82, 2.24) is 15.4 Å². The second-order valence-corrected chi connectivity index (χ2v) is 4.27. The van der Waals surface area contributed by atoms with Gasteiger partial charge in [-0.2, -0.15) is 0 Å². The number of ether oxygens (including phenoxy) is 1. The van der Waals surface area contributed by atoms with Gasteiger partial charge in [0, 0.05) is 19.6 Å². The van der Waals surface area contributed by atoms with Gasteiger partial charge in [0.2, 0.25) is 0 Å². The predicted molar refractivity (Wildman–Crippen MR) is 65.6 cm³/mol. The second kappa shape index (κ2) is 5.83. The first-order chi connectivity index (χ1) is 9.15. The van der Waals surface area contributed by atoms with Crippen LogP contribution >= 0.6 is 0 Å². The van der Waals surface area contributed by atoms with Crippen LogP contribution in [0.2, 0.25) is 0 Å². The molecule has 1 aromatic rings. The summed E-state index contributed by atoms with van der Waals surface area (Å²) in [5.41, 5.74) is 0.385. The molecule has 1 unspecified atom stereocenters. The highest BCUT2D eigenvalue weighted by Gasteiger charge is 2.34. The number of nitrogens with zero attached hydrogens (tertiary/aromatic N) is 2. The average Bonchev–Trinajstić information content (AvgIpc) is 2.84. The second-order valence-electron chi connectivity index (χ2n) is 4.27. The zero-order chi connectivity index (χ0) is 13.8. The van der Waals surface area contributed by atoms with Gasteiger partial charge in [-0.05, 0) is 13.8 Å². The number of carbonyl (C=O) groups excluding carboxylic acids is 2. The normalized spacial score (nSPS) is 19.3. The maximum absolute atomic E-state index is 12.4. The molecule has 0 bridgehead atoms. The van der Waals surface area contributed by atoms with Gasteiger partial charge in [0.05, 0.1) is 12.8 Å². The highest BCUT2D eigenvalue weighted by molar-refractivity contribution is 5.97. The van der Waals surface area contributed by atoms with Gasteiger partial charge in [0.15, 0.2) is 0 Å². The molecule has 1 aliphatic heterocycles. The maximum atomic E-state index is 12.4. The third-order valence-corrected chi connectivity index (χ3v) is 3.04. The zero-order valence-electron chi connectivity index (χ0n) is 11.0. The van der Waals surface area contributed by atoms with Gasteiger partial charge in [-0.1, -0.05) is 5.16 Å². The molecule has 2 heterocycles. The van der Waals surface area contributed by atoms with Crippen LogP contribution in [0.3, 0.4) is 0 Å². The molecule has 0 saturated carbocycles. The fraction of sp³-hybridized carbons (Fsp3) is 0.583. The van der Waals surface area contributed by atoms with E-state index in [1.54, 1.807) is 13.8 Å². The molecule has 1 aliphatic rings. The molecular weight excluding hydrogens is 250 g/mol. The number of rotatable bonds is 3. The van der Waals surface area contributed by atoms with Crippen molar-refractivity contribution in [2.45, 2.75) is 19.9 Å². The van der Waals surface area contributed by atoms with Gasteiger partial charge < -0.3 is 19.5 Å². The van der Waals surface area contributed by atoms with Gasteiger partial charge in [0.25, 0.3) is 5.91 Å². The molecule has 1 saturated heterocycles. The van der Waals surface area contributed by atoms with Gasteiger partial charge in [-0.25, -0.2) is 4.79 Å². The minimum Gasteiger partial charge on any atom is -0.464 e. The van der Waals surface area contributed by atoms with Gasteiger partial charge in [-0.3, -0.25) is 4.79 Å². The number of hydrogen-bond donors (Lipinski definition) is 1. The predicted octanol–water partition coefficient (Wildman–Crippen LogP) is -0.0399. The number of piperazine rings is 1. The quantitative estimate of drug-likeness (QED) is 0.774. The molecule has 1 fully saturated rings. The number of aryl methyl sites for hydroxylation is 1. The Morgan fingerprint density at radius 3 is 3.05 bits per heavy atom. The smallest absolute Gasteiger partial charge is 0.330 e. The van der Waals surface area contributed by atoms with Crippen molar-refractivity contribution in [2.24, 2.45) is 0 Å². The van der Waals surface area contributed by atoms with E-state index in [-0.39, 0.29) is 5.91 Å². The van der Waals surface area contributed by atoms with Crippen molar-refractivity contribution in [3.05, 3.63) is 17.5 Å². The molecule has 0 spiro atoms. The van der Waals surface area contributed by atoms with E-state index in [4.69, 9.17) is 9.26 Å². The zero-order valence-corrected chi connectivity index (χ0v) is 11.0. The topological polar surface area (TPSA) is 84.7 Å². The lowest BCUT2D eigenvalue weighted by atomic mass is 10.1. The van der Waals surface area contributed by atoms with Crippen LogP contribution in [0.5, 0.6) is 0 Å². The van der Waals surface area contributed by atoms with Crippen molar-refractivity contribution in [3.8, 4) is 0 Å². The molecule has 19 heavy (non-hydrogen) atoms. The van der Waals surface area contributed by atoms with E-state index in [1.807, 2.05) is 0 Å². The number of amides is 1. The summed E-state index contributed by atoms with van der Waals surface area (Å²) in [4.78, 5) is 25.8. The SMILES string of the molecule is CCOC(=O)C1CNCCN1C(=O)c1cnoc1C. The van der Waals surface area contributed by atoms with E-state index >= 15 is 0 Å². The van der Waals surface area contributed by atoms with Gasteiger partial charge >= 0.3 is 5.97 Å². The summed E-state index contributed by atoms with van der Waals surface area (Å²) in [6.07, 6.45) is 1.38. The monoisotopic (exact) mass is 267 g/mol. The van der Waals surface area contributed by atoms with E-state index in [0.29, 0.717) is 37.6 Å². The molecule has 1 N–H and O–H groups in total. The van der Waals surface area contributed by atoms with Crippen molar-refractivity contribution in [1.29, 1.82) is 0 Å². The fourth-order valence-corrected chi connectivity index (χ4v) is 2.06. The third kappa shape index (κ3) is 2.76.